The number of benzene rings is 2. The van der Waals surface area contributed by atoms with Crippen molar-refractivity contribution in [3.8, 4) is 5.75 Å². The van der Waals surface area contributed by atoms with Crippen LogP contribution in [-0.4, -0.2) is 31.0 Å². The van der Waals surface area contributed by atoms with Crippen LogP contribution in [0.25, 0.3) is 0 Å². The minimum absolute atomic E-state index is 0.0321. The zero-order valence-corrected chi connectivity index (χ0v) is 16.4. The molecule has 1 aliphatic heterocycles. The van der Waals surface area contributed by atoms with E-state index < -0.39 is 0 Å². The molecule has 2 aromatic carbocycles. The van der Waals surface area contributed by atoms with E-state index in [4.69, 9.17) is 4.74 Å². The molecule has 0 unspecified atom stereocenters. The highest BCUT2D eigenvalue weighted by Crippen LogP contribution is 2.19. The lowest BCUT2D eigenvalue weighted by Crippen LogP contribution is -2.34. The molecular weight excluding hydrogens is 336 g/mol. The standard InChI is InChI=1S/C23H30N2O2/c1-18-7-6-12-25(16-18)17-21-10-4-3-9-20(21)15-24-23(26)14-19-8-5-11-22(13-19)27-2/h3-5,8-11,13,18H,6-7,12,14-17H2,1-2H3,(H,24,26)/t18-/m0/s1. The van der Waals surface area contributed by atoms with Crippen molar-refractivity contribution in [2.45, 2.75) is 39.3 Å². The third-order valence-corrected chi connectivity index (χ3v) is 5.23. The minimum Gasteiger partial charge on any atom is -0.497 e. The van der Waals surface area contributed by atoms with Gasteiger partial charge >= 0.3 is 0 Å². The fourth-order valence-electron chi connectivity index (χ4n) is 3.78. The lowest BCUT2D eigenvalue weighted by atomic mass is 9.99. The molecule has 1 saturated heterocycles. The van der Waals surface area contributed by atoms with Gasteiger partial charge < -0.3 is 10.1 Å². The fourth-order valence-corrected chi connectivity index (χ4v) is 3.78. The molecule has 3 rings (SSSR count). The Kier molecular flexibility index (Phi) is 6.88. The highest BCUT2D eigenvalue weighted by Gasteiger charge is 2.17. The second kappa shape index (κ2) is 9.56. The average Bonchev–Trinajstić information content (AvgIpc) is 2.67. The Hall–Kier alpha value is -2.33. The summed E-state index contributed by atoms with van der Waals surface area (Å²) >= 11 is 0. The van der Waals surface area contributed by atoms with Crippen LogP contribution < -0.4 is 10.1 Å². The molecule has 0 radical (unpaired) electrons. The van der Waals surface area contributed by atoms with Crippen molar-refractivity contribution in [1.82, 2.24) is 10.2 Å². The molecule has 27 heavy (non-hydrogen) atoms. The van der Waals surface area contributed by atoms with Crippen LogP contribution in [0.1, 0.15) is 36.5 Å². The van der Waals surface area contributed by atoms with Gasteiger partial charge in [-0.1, -0.05) is 43.3 Å². The Labute approximate surface area is 162 Å². The molecule has 0 bridgehead atoms. The molecule has 1 amide bonds. The number of carbonyl (C=O) groups excluding carboxylic acids is 1. The van der Waals surface area contributed by atoms with Gasteiger partial charge in [-0.25, -0.2) is 0 Å². The Bertz CT molecular complexity index is 760. The van der Waals surface area contributed by atoms with Gasteiger partial charge in [0, 0.05) is 19.6 Å². The Morgan fingerprint density at radius 2 is 2.00 bits per heavy atom. The number of carbonyl (C=O) groups is 1. The number of ether oxygens (including phenoxy) is 1. The summed E-state index contributed by atoms with van der Waals surface area (Å²) in [5.74, 6) is 1.58. The van der Waals surface area contributed by atoms with E-state index in [0.717, 1.165) is 30.3 Å². The first-order chi connectivity index (χ1) is 13.1. The molecule has 0 saturated carbocycles. The summed E-state index contributed by atoms with van der Waals surface area (Å²) in [5.41, 5.74) is 3.48. The van der Waals surface area contributed by atoms with Gasteiger partial charge in [0.1, 0.15) is 5.75 Å². The third kappa shape index (κ3) is 5.83. The number of likely N-dealkylation sites (tertiary alicyclic amines) is 1. The lowest BCUT2D eigenvalue weighted by Gasteiger charge is -2.31. The van der Waals surface area contributed by atoms with Crippen LogP contribution in [0.4, 0.5) is 0 Å². The van der Waals surface area contributed by atoms with Gasteiger partial charge in [-0.15, -0.1) is 0 Å². The summed E-state index contributed by atoms with van der Waals surface area (Å²) in [7, 11) is 1.64. The average molecular weight is 367 g/mol. The predicted molar refractivity (Wildman–Crippen MR) is 109 cm³/mol. The van der Waals surface area contributed by atoms with E-state index in [2.05, 4.69) is 35.3 Å². The first-order valence-corrected chi connectivity index (χ1v) is 9.83. The summed E-state index contributed by atoms with van der Waals surface area (Å²) in [4.78, 5) is 14.9. The Morgan fingerprint density at radius 3 is 2.78 bits per heavy atom. The molecule has 1 fully saturated rings. The highest BCUT2D eigenvalue weighted by atomic mass is 16.5. The summed E-state index contributed by atoms with van der Waals surface area (Å²) in [6.07, 6.45) is 2.97. The van der Waals surface area contributed by atoms with Gasteiger partial charge in [0.05, 0.1) is 13.5 Å². The number of rotatable bonds is 7. The quantitative estimate of drug-likeness (QED) is 0.811. The summed E-state index contributed by atoms with van der Waals surface area (Å²) in [6, 6.07) is 16.1. The molecule has 144 valence electrons. The van der Waals surface area contributed by atoms with Crippen LogP contribution in [0.5, 0.6) is 5.75 Å². The van der Waals surface area contributed by atoms with E-state index in [-0.39, 0.29) is 5.91 Å². The van der Waals surface area contributed by atoms with Crippen molar-refractivity contribution in [3.05, 3.63) is 65.2 Å². The van der Waals surface area contributed by atoms with E-state index in [9.17, 15) is 4.79 Å². The van der Waals surface area contributed by atoms with Crippen molar-refractivity contribution in [2.75, 3.05) is 20.2 Å². The number of piperidine rings is 1. The van der Waals surface area contributed by atoms with Crippen molar-refractivity contribution < 1.29 is 9.53 Å². The molecule has 2 aromatic rings. The summed E-state index contributed by atoms with van der Waals surface area (Å²) < 4.78 is 5.22. The van der Waals surface area contributed by atoms with Gasteiger partial charge in [-0.2, -0.15) is 0 Å². The Balaban J connectivity index is 1.56. The molecule has 0 spiro atoms. The summed E-state index contributed by atoms with van der Waals surface area (Å²) in [6.45, 7) is 6.20. The maximum absolute atomic E-state index is 12.4. The van der Waals surface area contributed by atoms with E-state index >= 15 is 0 Å². The van der Waals surface area contributed by atoms with E-state index in [1.165, 1.54) is 30.5 Å². The first kappa shape index (κ1) is 19.4. The molecule has 1 atom stereocenters. The number of nitrogens with one attached hydrogen (secondary N) is 1. The second-order valence-electron chi connectivity index (χ2n) is 7.56. The third-order valence-electron chi connectivity index (χ3n) is 5.23. The van der Waals surface area contributed by atoms with Crippen molar-refractivity contribution in [3.63, 3.8) is 0 Å². The zero-order valence-electron chi connectivity index (χ0n) is 16.4. The van der Waals surface area contributed by atoms with Gasteiger partial charge in [0.15, 0.2) is 0 Å². The van der Waals surface area contributed by atoms with Crippen LogP contribution in [0, 0.1) is 5.92 Å². The van der Waals surface area contributed by atoms with Crippen LogP contribution in [0.15, 0.2) is 48.5 Å². The second-order valence-corrected chi connectivity index (χ2v) is 7.56. The van der Waals surface area contributed by atoms with E-state index in [1.807, 2.05) is 30.3 Å². The normalized spacial score (nSPS) is 17.5. The smallest absolute Gasteiger partial charge is 0.224 e. The number of hydrogen-bond acceptors (Lipinski definition) is 3. The van der Waals surface area contributed by atoms with Crippen molar-refractivity contribution in [1.29, 1.82) is 0 Å². The van der Waals surface area contributed by atoms with Crippen LogP contribution in [0.2, 0.25) is 0 Å². The van der Waals surface area contributed by atoms with Gasteiger partial charge in [0.25, 0.3) is 0 Å². The van der Waals surface area contributed by atoms with Gasteiger partial charge in [0.2, 0.25) is 5.91 Å². The maximum Gasteiger partial charge on any atom is 0.224 e. The molecule has 4 nitrogen and oxygen atoms in total. The number of nitrogens with zero attached hydrogens (tertiary/aromatic N) is 1. The van der Waals surface area contributed by atoms with Crippen molar-refractivity contribution >= 4 is 5.91 Å². The van der Waals surface area contributed by atoms with E-state index in [0.29, 0.717) is 13.0 Å². The molecule has 1 aliphatic rings. The molecule has 4 heteroatoms. The van der Waals surface area contributed by atoms with Gasteiger partial charge in [-0.3, -0.25) is 9.69 Å². The highest BCUT2D eigenvalue weighted by molar-refractivity contribution is 5.78. The predicted octanol–water partition coefficient (Wildman–Crippen LogP) is 3.79. The number of methoxy groups -OCH3 is 1. The number of amides is 1. The summed E-state index contributed by atoms with van der Waals surface area (Å²) in [5, 5.41) is 3.07. The number of hydrogen-bond donors (Lipinski definition) is 1. The monoisotopic (exact) mass is 366 g/mol. The lowest BCUT2D eigenvalue weighted by molar-refractivity contribution is -0.120. The molecule has 1 heterocycles. The maximum atomic E-state index is 12.4. The van der Waals surface area contributed by atoms with Crippen LogP contribution in [0.3, 0.4) is 0 Å². The molecular formula is C23H30N2O2. The molecule has 0 aliphatic carbocycles. The largest absolute Gasteiger partial charge is 0.497 e. The topological polar surface area (TPSA) is 41.6 Å². The molecule has 0 aromatic heterocycles. The van der Waals surface area contributed by atoms with Gasteiger partial charge in [-0.05, 0) is 54.1 Å². The first-order valence-electron chi connectivity index (χ1n) is 9.83. The zero-order chi connectivity index (χ0) is 19.1. The fraction of sp³-hybridized carbons (Fsp3) is 0.435. The Morgan fingerprint density at radius 1 is 1.19 bits per heavy atom. The van der Waals surface area contributed by atoms with Crippen LogP contribution in [-0.2, 0) is 24.3 Å². The minimum atomic E-state index is 0.0321. The van der Waals surface area contributed by atoms with E-state index in [1.54, 1.807) is 7.11 Å². The van der Waals surface area contributed by atoms with Crippen molar-refractivity contribution in [2.24, 2.45) is 5.92 Å². The van der Waals surface area contributed by atoms with Crippen LogP contribution >= 0.6 is 0 Å². The SMILES string of the molecule is COc1cccc(CC(=O)NCc2ccccc2CN2CCC[C@H](C)C2)c1. The molecule has 1 N–H and O–H groups in total.